The van der Waals surface area contributed by atoms with Crippen LogP contribution >= 0.6 is 48.6 Å². The van der Waals surface area contributed by atoms with Gasteiger partial charge in [-0.05, 0) is 51.1 Å². The van der Waals surface area contributed by atoms with Gasteiger partial charge in [0, 0.05) is 67.7 Å². The van der Waals surface area contributed by atoms with Crippen LogP contribution < -0.4 is 10.6 Å². The van der Waals surface area contributed by atoms with Crippen molar-refractivity contribution in [2.24, 2.45) is 0 Å². The minimum absolute atomic E-state index is 0. The molecule has 7 nitrogen and oxygen atoms in total. The second-order valence-corrected chi connectivity index (χ2v) is 9.64. The van der Waals surface area contributed by atoms with E-state index < -0.39 is 0 Å². The zero-order chi connectivity index (χ0) is 22.7. The topological polar surface area (TPSA) is 73.4 Å². The lowest BCUT2D eigenvalue weighted by molar-refractivity contribution is 0.0964. The second kappa shape index (κ2) is 14.2. The van der Waals surface area contributed by atoms with Crippen molar-refractivity contribution >= 4 is 70.5 Å². The van der Waals surface area contributed by atoms with Crippen LogP contribution in [0.2, 0.25) is 0 Å². The molecule has 3 heterocycles. The van der Waals surface area contributed by atoms with E-state index in [1.807, 2.05) is 31.3 Å². The molecular weight excluding hydrogens is 527 g/mol. The maximum absolute atomic E-state index is 12.2. The predicted octanol–water partition coefficient (Wildman–Crippen LogP) is 4.73. The summed E-state index contributed by atoms with van der Waals surface area (Å²) in [5.41, 5.74) is 2.63. The average molecular weight is 562 g/mol. The van der Waals surface area contributed by atoms with Crippen molar-refractivity contribution in [3.63, 3.8) is 0 Å². The Morgan fingerprint density at radius 2 is 2.00 bits per heavy atom. The van der Waals surface area contributed by atoms with Gasteiger partial charge in [-0.1, -0.05) is 6.07 Å². The van der Waals surface area contributed by atoms with Crippen molar-refractivity contribution in [2.45, 2.75) is 26.3 Å². The van der Waals surface area contributed by atoms with E-state index in [9.17, 15) is 4.79 Å². The number of piperazine rings is 1. The zero-order valence-corrected chi connectivity index (χ0v) is 23.8. The van der Waals surface area contributed by atoms with E-state index in [0.717, 1.165) is 65.4 Å². The normalized spacial score (nSPS) is 16.1. The highest BCUT2D eigenvalue weighted by Crippen LogP contribution is 2.35. The Morgan fingerprint density at radius 1 is 1.23 bits per heavy atom. The molecule has 0 spiro atoms. The fourth-order valence-corrected chi connectivity index (χ4v) is 5.42. The Labute approximate surface area is 230 Å². The third-order valence-corrected chi connectivity index (χ3v) is 7.22. The molecule has 0 aliphatic carbocycles. The summed E-state index contributed by atoms with van der Waals surface area (Å²) in [5.74, 6) is 0.581. The van der Waals surface area contributed by atoms with Crippen LogP contribution in [0.4, 0.5) is 5.95 Å². The average Bonchev–Trinajstić information content (AvgIpc) is 3.22. The van der Waals surface area contributed by atoms with Gasteiger partial charge in [0.05, 0.1) is 10.6 Å². The number of likely N-dealkylation sites (N-methyl/N-ethyl adjacent to an activating group) is 1. The van der Waals surface area contributed by atoms with Gasteiger partial charge < -0.3 is 15.5 Å². The lowest BCUT2D eigenvalue weighted by Crippen LogP contribution is -2.50. The molecule has 1 aromatic carbocycles. The molecule has 0 bridgehead atoms. The number of aromatic nitrogens is 2. The molecule has 35 heavy (non-hydrogen) atoms. The zero-order valence-electron chi connectivity index (χ0n) is 20.5. The van der Waals surface area contributed by atoms with Crippen LogP contribution in [0.15, 0.2) is 30.5 Å². The Balaban J connectivity index is 0.00000204. The molecule has 1 aliphatic rings. The van der Waals surface area contributed by atoms with Crippen LogP contribution in [-0.4, -0.2) is 78.5 Å². The van der Waals surface area contributed by atoms with Crippen LogP contribution in [0.25, 0.3) is 20.7 Å². The summed E-state index contributed by atoms with van der Waals surface area (Å²) < 4.78 is 1.08. The van der Waals surface area contributed by atoms with Gasteiger partial charge in [0.15, 0.2) is 0 Å². The number of hydrogen-bond donors (Lipinski definition) is 2. The smallest absolute Gasteiger partial charge is 0.251 e. The number of carbonyl (C=O) groups is 1. The minimum atomic E-state index is -0.0728. The summed E-state index contributed by atoms with van der Waals surface area (Å²) in [6.45, 7) is 9.66. The number of anilines is 1. The van der Waals surface area contributed by atoms with E-state index in [2.05, 4.69) is 45.5 Å². The van der Waals surface area contributed by atoms with Gasteiger partial charge in [0.25, 0.3) is 5.91 Å². The molecule has 194 valence electrons. The summed E-state index contributed by atoms with van der Waals surface area (Å²) in [5, 5.41) is 7.08. The highest BCUT2D eigenvalue weighted by atomic mass is 35.5. The molecule has 1 aliphatic heterocycles. The molecular formula is C24H35Cl3N6OS. The molecule has 4 rings (SSSR count). The molecule has 3 aromatic rings. The Morgan fingerprint density at radius 3 is 2.71 bits per heavy atom. The minimum Gasteiger partial charge on any atom is -0.355 e. The lowest BCUT2D eigenvalue weighted by Gasteiger charge is -2.38. The summed E-state index contributed by atoms with van der Waals surface area (Å²) >= 11 is 1.65. The standard InChI is InChI=1S/C24H32N6OS.3ClH/c1-16-14-27-24(26-9-6-10-30-12-11-29(4)15-17(30)2)28-22(16)21-13-19-18(23(31)25-3)7-5-8-20(19)32-21;;;/h5,7-8,13-14,17H,6,9-12,15H2,1-4H3,(H,25,31)(H,26,27,28);3*1H. The van der Waals surface area contributed by atoms with Gasteiger partial charge in [-0.25, -0.2) is 9.97 Å². The quantitative estimate of drug-likeness (QED) is 0.406. The number of rotatable bonds is 7. The molecule has 0 saturated carbocycles. The first-order valence-corrected chi connectivity index (χ1v) is 12.0. The fourth-order valence-electron chi connectivity index (χ4n) is 4.28. The maximum Gasteiger partial charge on any atom is 0.251 e. The van der Waals surface area contributed by atoms with E-state index in [4.69, 9.17) is 4.98 Å². The third kappa shape index (κ3) is 7.41. The van der Waals surface area contributed by atoms with Gasteiger partial charge in [-0.15, -0.1) is 48.6 Å². The molecule has 2 aromatic heterocycles. The number of nitrogens with one attached hydrogen (secondary N) is 2. The number of hydrogen-bond acceptors (Lipinski definition) is 7. The second-order valence-electron chi connectivity index (χ2n) is 8.56. The van der Waals surface area contributed by atoms with Crippen LogP contribution in [0.5, 0.6) is 0 Å². The van der Waals surface area contributed by atoms with Gasteiger partial charge in [0.2, 0.25) is 5.95 Å². The molecule has 1 atom stereocenters. The predicted molar refractivity (Wildman–Crippen MR) is 154 cm³/mol. The van der Waals surface area contributed by atoms with Crippen molar-refractivity contribution in [3.05, 3.63) is 41.6 Å². The van der Waals surface area contributed by atoms with E-state index in [0.29, 0.717) is 17.6 Å². The van der Waals surface area contributed by atoms with Crippen LogP contribution in [0.1, 0.15) is 29.3 Å². The molecule has 11 heteroatoms. The first-order valence-electron chi connectivity index (χ1n) is 11.2. The number of carbonyl (C=O) groups excluding carboxylic acids is 1. The molecule has 1 amide bonds. The molecule has 1 saturated heterocycles. The fraction of sp³-hybridized carbons (Fsp3) is 0.458. The number of fused-ring (bicyclic) bond motifs is 1. The van der Waals surface area contributed by atoms with E-state index in [1.54, 1.807) is 18.4 Å². The Kier molecular flexibility index (Phi) is 12.7. The molecule has 2 N–H and O–H groups in total. The third-order valence-electron chi connectivity index (χ3n) is 6.11. The lowest BCUT2D eigenvalue weighted by atomic mass is 10.1. The number of amides is 1. The van der Waals surface area contributed by atoms with Gasteiger partial charge in [-0.3, -0.25) is 9.69 Å². The van der Waals surface area contributed by atoms with E-state index in [1.165, 1.54) is 0 Å². The monoisotopic (exact) mass is 560 g/mol. The summed E-state index contributed by atoms with van der Waals surface area (Å²) in [4.78, 5) is 27.5. The number of aryl methyl sites for hydroxylation is 1. The number of nitrogens with zero attached hydrogens (tertiary/aromatic N) is 4. The first-order chi connectivity index (χ1) is 15.5. The SMILES string of the molecule is CNC(=O)c1cccc2sc(-c3nc(NCCCN4CCN(C)CC4C)ncc3C)cc12.Cl.Cl.Cl. The number of benzene rings is 1. The van der Waals surface area contributed by atoms with Crippen molar-refractivity contribution in [1.82, 2.24) is 25.1 Å². The van der Waals surface area contributed by atoms with Crippen LogP contribution in [0, 0.1) is 6.92 Å². The van der Waals surface area contributed by atoms with Crippen molar-refractivity contribution in [2.75, 3.05) is 52.1 Å². The van der Waals surface area contributed by atoms with Crippen molar-refractivity contribution in [3.8, 4) is 10.6 Å². The molecule has 0 radical (unpaired) electrons. The highest BCUT2D eigenvalue weighted by molar-refractivity contribution is 7.22. The van der Waals surface area contributed by atoms with Crippen molar-refractivity contribution in [1.29, 1.82) is 0 Å². The Hall–Kier alpha value is -1.68. The summed E-state index contributed by atoms with van der Waals surface area (Å²) in [6.07, 6.45) is 2.93. The summed E-state index contributed by atoms with van der Waals surface area (Å²) in [7, 11) is 3.85. The van der Waals surface area contributed by atoms with Crippen LogP contribution in [-0.2, 0) is 0 Å². The Bertz CT molecular complexity index is 1110. The van der Waals surface area contributed by atoms with Gasteiger partial charge in [-0.2, -0.15) is 0 Å². The summed E-state index contributed by atoms with van der Waals surface area (Å²) in [6, 6.07) is 8.50. The van der Waals surface area contributed by atoms with E-state index >= 15 is 0 Å². The van der Waals surface area contributed by atoms with Gasteiger partial charge in [0.1, 0.15) is 0 Å². The number of halogens is 3. The molecule has 1 fully saturated rings. The molecule has 1 unspecified atom stereocenters. The first kappa shape index (κ1) is 31.4. The van der Waals surface area contributed by atoms with Crippen LogP contribution in [0.3, 0.4) is 0 Å². The maximum atomic E-state index is 12.2. The largest absolute Gasteiger partial charge is 0.355 e. The van der Waals surface area contributed by atoms with Gasteiger partial charge >= 0.3 is 0 Å². The van der Waals surface area contributed by atoms with E-state index in [-0.39, 0.29) is 43.1 Å². The number of thiophene rings is 1. The highest BCUT2D eigenvalue weighted by Gasteiger charge is 2.20. The van der Waals surface area contributed by atoms with Crippen molar-refractivity contribution < 1.29 is 4.79 Å².